The number of halogens is 1. The minimum absolute atomic E-state index is 0.295. The minimum Gasteiger partial charge on any atom is -0.383 e. The fraction of sp³-hybridized carbons (Fsp3) is 0.0714. The highest BCUT2D eigenvalue weighted by molar-refractivity contribution is 6.30. The van der Waals surface area contributed by atoms with E-state index < -0.39 is 11.9 Å². The lowest BCUT2D eigenvalue weighted by Gasteiger charge is -2.18. The lowest BCUT2D eigenvalue weighted by Crippen LogP contribution is -2.44. The summed E-state index contributed by atoms with van der Waals surface area (Å²) in [5.74, 6) is -0.403. The molecule has 0 spiro atoms. The molecule has 0 bridgehead atoms. The molecule has 2 heterocycles. The van der Waals surface area contributed by atoms with Crippen molar-refractivity contribution in [3.63, 3.8) is 0 Å². The summed E-state index contributed by atoms with van der Waals surface area (Å²) in [4.78, 5) is 30.4. The summed E-state index contributed by atoms with van der Waals surface area (Å²) in [5.41, 5.74) is 8.68. The van der Waals surface area contributed by atoms with Crippen LogP contribution in [0.3, 0.4) is 0 Å². The van der Waals surface area contributed by atoms with Crippen LogP contribution in [0.15, 0.2) is 91.4 Å². The molecule has 0 aliphatic carbocycles. The topological polar surface area (TPSA) is 141 Å². The van der Waals surface area contributed by atoms with Gasteiger partial charge in [-0.3, -0.25) is 9.59 Å². The molecule has 0 aliphatic rings. The number of nitrogens with one attached hydrogen (secondary N) is 2. The Morgan fingerprint density at radius 2 is 1.90 bits per heavy atom. The molecule has 0 saturated heterocycles. The highest BCUT2D eigenvalue weighted by atomic mass is 35.5. The number of pyridine rings is 1. The summed E-state index contributed by atoms with van der Waals surface area (Å²) in [6.45, 7) is 0. The largest absolute Gasteiger partial charge is 0.383 e. The normalized spacial score (nSPS) is 11.9. The lowest BCUT2D eigenvalue weighted by atomic mass is 10.0. The summed E-state index contributed by atoms with van der Waals surface area (Å²) in [5, 5.41) is 19.1. The summed E-state index contributed by atoms with van der Waals surface area (Å²) >= 11 is 6.17. The molecule has 1 unspecified atom stereocenters. The monoisotopic (exact) mass is 538 g/mol. The Kier molecular flexibility index (Phi) is 7.56. The van der Waals surface area contributed by atoms with E-state index in [-0.39, 0.29) is 5.91 Å². The number of anilines is 2. The van der Waals surface area contributed by atoms with E-state index in [4.69, 9.17) is 17.3 Å². The second kappa shape index (κ2) is 11.5. The van der Waals surface area contributed by atoms with Gasteiger partial charge >= 0.3 is 0 Å². The van der Waals surface area contributed by atoms with Crippen LogP contribution >= 0.6 is 11.6 Å². The van der Waals surface area contributed by atoms with Gasteiger partial charge in [0, 0.05) is 40.4 Å². The fourth-order valence-electron chi connectivity index (χ4n) is 4.09. The molecule has 5 rings (SSSR count). The van der Waals surface area contributed by atoms with Crippen molar-refractivity contribution in [2.75, 3.05) is 11.1 Å². The quantitative estimate of drug-likeness (QED) is 0.255. The first-order valence-corrected chi connectivity index (χ1v) is 12.3. The zero-order valence-electron chi connectivity index (χ0n) is 20.5. The molecule has 1 atom stereocenters. The second-order valence-electron chi connectivity index (χ2n) is 8.66. The van der Waals surface area contributed by atoms with Crippen LogP contribution in [0.2, 0.25) is 5.02 Å². The molecule has 2 amide bonds. The van der Waals surface area contributed by atoms with Crippen LogP contribution in [0.25, 0.3) is 22.5 Å². The average Bonchev–Trinajstić information content (AvgIpc) is 3.47. The predicted octanol–water partition coefficient (Wildman–Crippen LogP) is 3.83. The van der Waals surface area contributed by atoms with Gasteiger partial charge in [0.05, 0.1) is 5.69 Å². The summed E-state index contributed by atoms with van der Waals surface area (Å²) in [6, 6.07) is 20.9. The van der Waals surface area contributed by atoms with Crippen molar-refractivity contribution in [1.29, 1.82) is 0 Å². The number of rotatable bonds is 8. The van der Waals surface area contributed by atoms with Crippen LogP contribution in [-0.4, -0.2) is 43.0 Å². The van der Waals surface area contributed by atoms with E-state index >= 15 is 0 Å². The van der Waals surface area contributed by atoms with Crippen LogP contribution in [0, 0.1) is 0 Å². The summed E-state index contributed by atoms with van der Waals surface area (Å²) in [6.07, 6.45) is 6.29. The molecular formula is C28H23ClN8O2. The van der Waals surface area contributed by atoms with Crippen molar-refractivity contribution in [3.05, 3.63) is 108 Å². The van der Waals surface area contributed by atoms with Gasteiger partial charge in [0.1, 0.15) is 18.2 Å². The van der Waals surface area contributed by atoms with Gasteiger partial charge in [-0.05, 0) is 69.9 Å². The fourth-order valence-corrected chi connectivity index (χ4v) is 4.27. The second-order valence-corrected chi connectivity index (χ2v) is 9.10. The van der Waals surface area contributed by atoms with Crippen molar-refractivity contribution in [1.82, 2.24) is 30.5 Å². The molecule has 3 aromatic carbocycles. The number of nitrogens with two attached hydrogens (primary N) is 1. The van der Waals surface area contributed by atoms with Gasteiger partial charge < -0.3 is 16.4 Å². The maximum absolute atomic E-state index is 13.4. The Hall–Kier alpha value is -5.09. The van der Waals surface area contributed by atoms with E-state index in [1.807, 2.05) is 42.5 Å². The van der Waals surface area contributed by atoms with Gasteiger partial charge in [-0.25, -0.2) is 4.98 Å². The summed E-state index contributed by atoms with van der Waals surface area (Å²) in [7, 11) is 0. The number of hydrogen-bond acceptors (Lipinski definition) is 7. The zero-order chi connectivity index (χ0) is 27.2. The number of fused-ring (bicyclic) bond motifs is 1. The number of amides is 2. The Morgan fingerprint density at radius 3 is 2.69 bits per heavy atom. The smallest absolute Gasteiger partial charge is 0.247 e. The first-order valence-electron chi connectivity index (χ1n) is 12.0. The molecule has 0 fully saturated rings. The maximum atomic E-state index is 13.4. The van der Waals surface area contributed by atoms with Gasteiger partial charge in [0.15, 0.2) is 0 Å². The Labute approximate surface area is 228 Å². The number of tetrazole rings is 1. The van der Waals surface area contributed by atoms with E-state index in [0.717, 1.165) is 16.3 Å². The number of hydrogen-bond donors (Lipinski definition) is 3. The first-order chi connectivity index (χ1) is 19.0. The van der Waals surface area contributed by atoms with E-state index in [9.17, 15) is 9.59 Å². The van der Waals surface area contributed by atoms with Crippen LogP contribution in [0.1, 0.15) is 11.1 Å². The van der Waals surface area contributed by atoms with E-state index in [1.54, 1.807) is 42.6 Å². The Bertz CT molecular complexity index is 1660. The number of nitrogens with zero attached hydrogens (tertiary/aromatic N) is 5. The highest BCUT2D eigenvalue weighted by Crippen LogP contribution is 2.23. The van der Waals surface area contributed by atoms with Gasteiger partial charge in [-0.15, -0.1) is 5.10 Å². The highest BCUT2D eigenvalue weighted by Gasteiger charge is 2.21. The average molecular weight is 539 g/mol. The molecule has 2 aromatic heterocycles. The number of aromatic nitrogens is 5. The van der Waals surface area contributed by atoms with Crippen molar-refractivity contribution >= 4 is 51.8 Å². The third-order valence-electron chi connectivity index (χ3n) is 5.98. The molecule has 5 aromatic rings. The molecule has 194 valence electrons. The number of benzene rings is 3. The maximum Gasteiger partial charge on any atom is 0.247 e. The van der Waals surface area contributed by atoms with Gasteiger partial charge in [0.2, 0.25) is 11.8 Å². The molecule has 10 nitrogen and oxygen atoms in total. The third-order valence-corrected chi connectivity index (χ3v) is 6.21. The van der Waals surface area contributed by atoms with Gasteiger partial charge in [0.25, 0.3) is 0 Å². The Balaban J connectivity index is 1.36. The SMILES string of the molecule is Nc1nccc2cc(NC(=O)C(Cc3ccccc3)NC(=O)/C=C/c3cc(Cl)ccc3-n3cnnn3)ccc12. The minimum atomic E-state index is -0.846. The molecule has 0 aliphatic heterocycles. The van der Waals surface area contributed by atoms with Crippen molar-refractivity contribution < 1.29 is 9.59 Å². The molecule has 11 heteroatoms. The Morgan fingerprint density at radius 1 is 1.05 bits per heavy atom. The van der Waals surface area contributed by atoms with E-state index in [1.165, 1.54) is 17.1 Å². The van der Waals surface area contributed by atoms with Crippen molar-refractivity contribution in [2.45, 2.75) is 12.5 Å². The molecule has 4 N–H and O–H groups in total. The zero-order valence-corrected chi connectivity index (χ0v) is 21.3. The number of nitrogen functional groups attached to an aromatic ring is 1. The molecule has 39 heavy (non-hydrogen) atoms. The third kappa shape index (κ3) is 6.25. The van der Waals surface area contributed by atoms with E-state index in [0.29, 0.717) is 34.2 Å². The molecule has 0 radical (unpaired) electrons. The molecular weight excluding hydrogens is 516 g/mol. The standard InChI is InChI=1S/C28H23ClN8O2/c29-21-7-10-25(37-17-32-35-36-37)20(15-21)6-11-26(38)34-24(14-18-4-2-1-3-5-18)28(39)33-22-8-9-23-19(16-22)12-13-31-27(23)30/h1-13,15-17,24H,14H2,(H2,30,31)(H,33,39)(H,34,38)/b11-6+. The lowest BCUT2D eigenvalue weighted by molar-refractivity contribution is -0.123. The van der Waals surface area contributed by atoms with E-state index in [2.05, 4.69) is 31.1 Å². The van der Waals surface area contributed by atoms with Crippen LogP contribution in [0.4, 0.5) is 11.5 Å². The summed E-state index contributed by atoms with van der Waals surface area (Å²) < 4.78 is 1.47. The van der Waals surface area contributed by atoms with Crippen LogP contribution < -0.4 is 16.4 Å². The predicted molar refractivity (Wildman–Crippen MR) is 150 cm³/mol. The van der Waals surface area contributed by atoms with Crippen molar-refractivity contribution in [3.8, 4) is 5.69 Å². The van der Waals surface area contributed by atoms with Gasteiger partial charge in [-0.2, -0.15) is 4.68 Å². The first kappa shape index (κ1) is 25.6. The van der Waals surface area contributed by atoms with Crippen LogP contribution in [0.5, 0.6) is 0 Å². The van der Waals surface area contributed by atoms with Crippen LogP contribution in [-0.2, 0) is 16.0 Å². The number of carbonyl (C=O) groups excluding carboxylic acids is 2. The van der Waals surface area contributed by atoms with Gasteiger partial charge in [-0.1, -0.05) is 41.9 Å². The number of carbonyl (C=O) groups is 2. The molecule has 0 saturated carbocycles. The van der Waals surface area contributed by atoms with Crippen molar-refractivity contribution in [2.24, 2.45) is 0 Å².